The summed E-state index contributed by atoms with van der Waals surface area (Å²) >= 11 is 20.8. The number of benzene rings is 1. The molecule has 1 aromatic heterocycles. The van der Waals surface area contributed by atoms with Gasteiger partial charge in [-0.2, -0.15) is 0 Å². The van der Waals surface area contributed by atoms with Crippen molar-refractivity contribution in [2.45, 2.75) is 13.0 Å². The maximum atomic E-state index is 6.28. The minimum Gasteiger partial charge on any atom is -0.306 e. The summed E-state index contributed by atoms with van der Waals surface area (Å²) in [6.45, 7) is 2.91. The molecule has 1 heterocycles. The molecule has 2 aromatic rings. The second kappa shape index (κ2) is 6.92. The van der Waals surface area contributed by atoms with Crippen LogP contribution in [0.5, 0.6) is 0 Å². The number of halogens is 4. The first-order valence-electron chi connectivity index (χ1n) is 5.66. The summed E-state index contributed by atoms with van der Waals surface area (Å²) in [7, 11) is 0. The fourth-order valence-electron chi connectivity index (χ4n) is 1.88. The summed E-state index contributed by atoms with van der Waals surface area (Å²) in [6.07, 6.45) is 0. The Morgan fingerprint density at radius 1 is 1.21 bits per heavy atom. The van der Waals surface area contributed by atoms with Crippen molar-refractivity contribution >= 4 is 66.4 Å². The predicted molar refractivity (Wildman–Crippen MR) is 91.7 cm³/mol. The first-order chi connectivity index (χ1) is 9.02. The molecule has 0 radical (unpaired) electrons. The van der Waals surface area contributed by atoms with Gasteiger partial charge in [-0.15, -0.1) is 11.3 Å². The second-order valence-corrected chi connectivity index (χ2v) is 7.99. The first kappa shape index (κ1) is 15.8. The minimum absolute atomic E-state index is 0.0214. The van der Waals surface area contributed by atoms with Crippen LogP contribution in [-0.4, -0.2) is 6.54 Å². The van der Waals surface area contributed by atoms with Gasteiger partial charge < -0.3 is 5.32 Å². The Morgan fingerprint density at radius 2 is 1.95 bits per heavy atom. The van der Waals surface area contributed by atoms with Crippen molar-refractivity contribution in [1.29, 1.82) is 0 Å². The monoisotopic (exact) mass is 441 g/mol. The lowest BCUT2D eigenvalue weighted by molar-refractivity contribution is 0.630. The molecule has 1 unspecified atom stereocenters. The zero-order chi connectivity index (χ0) is 14.0. The second-order valence-electron chi connectivity index (χ2n) is 3.94. The molecule has 2 rings (SSSR count). The molecular weight excluding hydrogens is 433 g/mol. The highest BCUT2D eigenvalue weighted by Gasteiger charge is 2.21. The highest BCUT2D eigenvalue weighted by molar-refractivity contribution is 9.11. The largest absolute Gasteiger partial charge is 0.306 e. The number of nitrogens with one attached hydrogen (secondary N) is 1. The quantitative estimate of drug-likeness (QED) is 0.586. The van der Waals surface area contributed by atoms with E-state index in [0.29, 0.717) is 4.34 Å². The van der Waals surface area contributed by atoms with Crippen molar-refractivity contribution in [1.82, 2.24) is 5.32 Å². The Bertz CT molecular complexity index is 586. The van der Waals surface area contributed by atoms with Crippen LogP contribution in [0, 0.1) is 0 Å². The number of hydrogen-bond acceptors (Lipinski definition) is 2. The molecule has 0 aliphatic rings. The van der Waals surface area contributed by atoms with E-state index in [0.717, 1.165) is 31.0 Å². The molecule has 0 spiro atoms. The van der Waals surface area contributed by atoms with Crippen LogP contribution in [-0.2, 0) is 0 Å². The Hall–Kier alpha value is 0.420. The van der Waals surface area contributed by atoms with Gasteiger partial charge in [-0.1, -0.05) is 62.0 Å². The van der Waals surface area contributed by atoms with Crippen LogP contribution < -0.4 is 5.32 Å². The standard InChI is InChI=1S/C13H11Br2Cl2NS/c1-2-18-12(9-6-11(16)19-13(9)17)8-5-7(14)3-4-10(8)15/h3-6,12,18H,2H2,1H3. The third kappa shape index (κ3) is 3.74. The molecule has 0 saturated heterocycles. The van der Waals surface area contributed by atoms with Crippen LogP contribution in [0.25, 0.3) is 0 Å². The summed E-state index contributed by atoms with van der Waals surface area (Å²) < 4.78 is 3.50. The van der Waals surface area contributed by atoms with E-state index < -0.39 is 0 Å². The molecule has 1 N–H and O–H groups in total. The van der Waals surface area contributed by atoms with E-state index in [1.807, 2.05) is 18.2 Å². The maximum Gasteiger partial charge on any atom is 0.0995 e. The first-order valence-corrected chi connectivity index (χ1v) is 8.81. The van der Waals surface area contributed by atoms with Crippen LogP contribution in [0.3, 0.4) is 0 Å². The fraction of sp³-hybridized carbons (Fsp3) is 0.231. The smallest absolute Gasteiger partial charge is 0.0995 e. The van der Waals surface area contributed by atoms with E-state index >= 15 is 0 Å². The van der Waals surface area contributed by atoms with Crippen molar-refractivity contribution in [2.75, 3.05) is 6.54 Å². The van der Waals surface area contributed by atoms with Gasteiger partial charge in [-0.05, 0) is 36.4 Å². The van der Waals surface area contributed by atoms with Gasteiger partial charge in [-0.25, -0.2) is 0 Å². The van der Waals surface area contributed by atoms with Gasteiger partial charge in [0.05, 0.1) is 14.7 Å². The third-order valence-corrected chi connectivity index (χ3v) is 5.40. The Labute approximate surface area is 143 Å². The van der Waals surface area contributed by atoms with Gasteiger partial charge in [0.25, 0.3) is 0 Å². The third-order valence-electron chi connectivity index (χ3n) is 2.67. The summed E-state index contributed by atoms with van der Waals surface area (Å²) in [5.74, 6) is 0. The summed E-state index contributed by atoms with van der Waals surface area (Å²) in [5.41, 5.74) is 2.14. The van der Waals surface area contributed by atoms with E-state index in [1.165, 1.54) is 11.3 Å². The highest BCUT2D eigenvalue weighted by atomic mass is 79.9. The predicted octanol–water partition coefficient (Wildman–Crippen LogP) is 6.28. The zero-order valence-corrected chi connectivity index (χ0v) is 15.5. The molecule has 1 aromatic carbocycles. The molecule has 0 aliphatic heterocycles. The molecule has 1 atom stereocenters. The van der Waals surface area contributed by atoms with Crippen LogP contribution >= 0.6 is 66.4 Å². The van der Waals surface area contributed by atoms with Gasteiger partial charge in [0.15, 0.2) is 0 Å². The molecule has 1 nitrogen and oxygen atoms in total. The Kier molecular flexibility index (Phi) is 5.76. The van der Waals surface area contributed by atoms with Crippen molar-refractivity contribution in [3.63, 3.8) is 0 Å². The van der Waals surface area contributed by atoms with E-state index in [4.69, 9.17) is 23.2 Å². The summed E-state index contributed by atoms with van der Waals surface area (Å²) in [4.78, 5) is 0. The van der Waals surface area contributed by atoms with Gasteiger partial charge in [0.1, 0.15) is 0 Å². The van der Waals surface area contributed by atoms with Crippen molar-refractivity contribution in [3.05, 3.63) is 53.0 Å². The van der Waals surface area contributed by atoms with Crippen LogP contribution in [0.15, 0.2) is 33.2 Å². The van der Waals surface area contributed by atoms with E-state index in [1.54, 1.807) is 0 Å². The van der Waals surface area contributed by atoms with Crippen molar-refractivity contribution < 1.29 is 0 Å². The van der Waals surface area contributed by atoms with Crippen molar-refractivity contribution in [2.24, 2.45) is 0 Å². The lowest BCUT2D eigenvalue weighted by atomic mass is 10.0. The topological polar surface area (TPSA) is 12.0 Å². The lowest BCUT2D eigenvalue weighted by Gasteiger charge is -2.20. The Balaban J connectivity index is 2.51. The lowest BCUT2D eigenvalue weighted by Crippen LogP contribution is -2.22. The molecule has 0 saturated carbocycles. The number of hydrogen-bond donors (Lipinski definition) is 1. The molecule has 102 valence electrons. The van der Waals surface area contributed by atoms with E-state index in [-0.39, 0.29) is 6.04 Å². The normalized spacial score (nSPS) is 12.7. The molecule has 19 heavy (non-hydrogen) atoms. The molecular formula is C13H11Br2Cl2NS. The molecule has 0 amide bonds. The minimum atomic E-state index is 0.0214. The average molecular weight is 444 g/mol. The van der Waals surface area contributed by atoms with Gasteiger partial charge >= 0.3 is 0 Å². The summed E-state index contributed by atoms with van der Waals surface area (Å²) in [5, 5.41) is 3.45. The number of thiophene rings is 1. The van der Waals surface area contributed by atoms with E-state index in [2.05, 4.69) is 50.2 Å². The molecule has 6 heteroatoms. The van der Waals surface area contributed by atoms with Gasteiger partial charge in [0.2, 0.25) is 0 Å². The van der Waals surface area contributed by atoms with Crippen LogP contribution in [0.2, 0.25) is 8.67 Å². The summed E-state index contributed by atoms with van der Waals surface area (Å²) in [6, 6.07) is 8.05. The zero-order valence-electron chi connectivity index (χ0n) is 10.0. The average Bonchev–Trinajstić information content (AvgIpc) is 2.69. The molecule has 0 aliphatic carbocycles. The van der Waals surface area contributed by atoms with Crippen LogP contribution in [0.1, 0.15) is 24.1 Å². The van der Waals surface area contributed by atoms with Gasteiger partial charge in [-0.3, -0.25) is 0 Å². The number of rotatable bonds is 4. The van der Waals surface area contributed by atoms with E-state index in [9.17, 15) is 0 Å². The Morgan fingerprint density at radius 3 is 2.53 bits per heavy atom. The van der Waals surface area contributed by atoms with Crippen LogP contribution in [0.4, 0.5) is 0 Å². The molecule has 0 fully saturated rings. The fourth-order valence-corrected chi connectivity index (χ4v) is 4.26. The SMILES string of the molecule is CCNC(c1cc(Br)ccc1Br)c1cc(Cl)sc1Cl. The highest BCUT2D eigenvalue weighted by Crippen LogP contribution is 2.39. The molecule has 0 bridgehead atoms. The van der Waals surface area contributed by atoms with Crippen molar-refractivity contribution in [3.8, 4) is 0 Å². The van der Waals surface area contributed by atoms with Gasteiger partial charge in [0, 0.05) is 14.5 Å². The maximum absolute atomic E-state index is 6.28.